The Hall–Kier alpha value is -1.87. The topological polar surface area (TPSA) is 76.9 Å². The predicted octanol–water partition coefficient (Wildman–Crippen LogP) is 3.57. The van der Waals surface area contributed by atoms with E-state index in [1.54, 1.807) is 0 Å². The highest BCUT2D eigenvalue weighted by atomic mass is 35.5. The quantitative estimate of drug-likeness (QED) is 0.589. The molecule has 142 valence electrons. The molecule has 1 aromatic heterocycles. The molecule has 0 spiro atoms. The minimum absolute atomic E-state index is 0.0453. The van der Waals surface area contributed by atoms with Crippen LogP contribution >= 0.6 is 23.4 Å². The Morgan fingerprint density at radius 3 is 2.59 bits per heavy atom. The van der Waals surface area contributed by atoms with Crippen molar-refractivity contribution >= 4 is 33.4 Å². The second kappa shape index (κ2) is 8.43. The summed E-state index contributed by atoms with van der Waals surface area (Å²) in [5.41, 5.74) is 2.98. The van der Waals surface area contributed by atoms with E-state index in [-0.39, 0.29) is 6.54 Å². The van der Waals surface area contributed by atoms with Crippen LogP contribution in [0.3, 0.4) is 0 Å². The van der Waals surface area contributed by atoms with Gasteiger partial charge in [0, 0.05) is 10.8 Å². The molecule has 0 aliphatic heterocycles. The van der Waals surface area contributed by atoms with Crippen molar-refractivity contribution in [3.05, 3.63) is 70.5 Å². The standard InChI is InChI=1S/C18H19ClN4O2S2/c1-13-8-9-15(19)10-16(13)23-17(11-20-27(2,24)25)21-22-18(23)26-12-14-6-4-3-5-7-14/h3-10,20H,11-12H2,1-2H3. The van der Waals surface area contributed by atoms with Gasteiger partial charge >= 0.3 is 0 Å². The molecule has 0 saturated heterocycles. The lowest BCUT2D eigenvalue weighted by atomic mass is 10.2. The molecule has 0 unspecified atom stereocenters. The number of thioether (sulfide) groups is 1. The molecule has 0 aliphatic rings. The van der Waals surface area contributed by atoms with Gasteiger partial charge in [0.2, 0.25) is 10.0 Å². The molecule has 3 aromatic rings. The summed E-state index contributed by atoms with van der Waals surface area (Å²) >= 11 is 7.72. The van der Waals surface area contributed by atoms with Crippen molar-refractivity contribution in [1.29, 1.82) is 0 Å². The number of aryl methyl sites for hydroxylation is 1. The maximum atomic E-state index is 11.5. The zero-order chi connectivity index (χ0) is 19.4. The van der Waals surface area contributed by atoms with E-state index in [1.165, 1.54) is 11.8 Å². The number of nitrogens with one attached hydrogen (secondary N) is 1. The number of rotatable bonds is 7. The second-order valence-electron chi connectivity index (χ2n) is 6.03. The van der Waals surface area contributed by atoms with Crippen LogP contribution in [0.4, 0.5) is 0 Å². The highest BCUT2D eigenvalue weighted by molar-refractivity contribution is 7.98. The van der Waals surface area contributed by atoms with Gasteiger partial charge in [0.05, 0.1) is 18.5 Å². The number of hydrogen-bond acceptors (Lipinski definition) is 5. The first-order valence-electron chi connectivity index (χ1n) is 8.15. The van der Waals surface area contributed by atoms with Crippen molar-refractivity contribution in [3.8, 4) is 5.69 Å². The van der Waals surface area contributed by atoms with Crippen LogP contribution in [0.5, 0.6) is 0 Å². The highest BCUT2D eigenvalue weighted by Crippen LogP contribution is 2.28. The Labute approximate surface area is 168 Å². The summed E-state index contributed by atoms with van der Waals surface area (Å²) in [4.78, 5) is 0. The van der Waals surface area contributed by atoms with Crippen LogP contribution in [0.15, 0.2) is 53.7 Å². The van der Waals surface area contributed by atoms with E-state index in [0.29, 0.717) is 16.0 Å². The molecule has 1 N–H and O–H groups in total. The van der Waals surface area contributed by atoms with Crippen LogP contribution in [0.25, 0.3) is 5.69 Å². The molecule has 0 aliphatic carbocycles. The van der Waals surface area contributed by atoms with Crippen LogP contribution < -0.4 is 4.72 Å². The zero-order valence-corrected chi connectivity index (χ0v) is 17.3. The maximum Gasteiger partial charge on any atom is 0.209 e. The van der Waals surface area contributed by atoms with Crippen LogP contribution in [0, 0.1) is 6.92 Å². The van der Waals surface area contributed by atoms with Gasteiger partial charge in [-0.3, -0.25) is 4.57 Å². The number of sulfonamides is 1. The third-order valence-corrected chi connectivity index (χ3v) is 5.72. The lowest BCUT2D eigenvalue weighted by Gasteiger charge is -2.13. The summed E-state index contributed by atoms with van der Waals surface area (Å²) in [6.45, 7) is 2.01. The van der Waals surface area contributed by atoms with Crippen molar-refractivity contribution in [2.75, 3.05) is 6.26 Å². The van der Waals surface area contributed by atoms with E-state index in [9.17, 15) is 8.42 Å². The number of halogens is 1. The normalized spacial score (nSPS) is 11.7. The minimum Gasteiger partial charge on any atom is -0.273 e. The molecule has 2 aromatic carbocycles. The van der Waals surface area contributed by atoms with Gasteiger partial charge in [0.1, 0.15) is 0 Å². The van der Waals surface area contributed by atoms with Gasteiger partial charge in [-0.05, 0) is 30.2 Å². The second-order valence-corrected chi connectivity index (χ2v) is 9.24. The molecular weight excluding hydrogens is 404 g/mol. The fourth-order valence-electron chi connectivity index (χ4n) is 2.49. The molecule has 3 rings (SSSR count). The van der Waals surface area contributed by atoms with E-state index in [0.717, 1.165) is 28.8 Å². The number of aromatic nitrogens is 3. The molecule has 0 saturated carbocycles. The SMILES string of the molecule is Cc1ccc(Cl)cc1-n1c(CNS(C)(=O)=O)nnc1SCc1ccccc1. The van der Waals surface area contributed by atoms with Gasteiger partial charge in [-0.1, -0.05) is 59.8 Å². The van der Waals surface area contributed by atoms with Gasteiger partial charge in [-0.15, -0.1) is 10.2 Å². The van der Waals surface area contributed by atoms with E-state index < -0.39 is 10.0 Å². The van der Waals surface area contributed by atoms with Crippen LogP contribution in [-0.2, 0) is 22.3 Å². The summed E-state index contributed by atoms with van der Waals surface area (Å²) in [5, 5.41) is 9.74. The van der Waals surface area contributed by atoms with Crippen molar-refractivity contribution in [2.24, 2.45) is 0 Å². The van der Waals surface area contributed by atoms with Crippen LogP contribution in [0.2, 0.25) is 5.02 Å². The average Bonchev–Trinajstić information content (AvgIpc) is 3.03. The summed E-state index contributed by atoms with van der Waals surface area (Å²) in [6.07, 6.45) is 1.11. The van der Waals surface area contributed by atoms with Crippen LogP contribution in [-0.4, -0.2) is 29.4 Å². The molecule has 27 heavy (non-hydrogen) atoms. The molecule has 0 fully saturated rings. The molecule has 1 heterocycles. The van der Waals surface area contributed by atoms with Crippen molar-refractivity contribution in [3.63, 3.8) is 0 Å². The van der Waals surface area contributed by atoms with Gasteiger partial charge < -0.3 is 0 Å². The minimum atomic E-state index is -3.35. The molecular formula is C18H19ClN4O2S2. The molecule has 9 heteroatoms. The summed E-state index contributed by atoms with van der Waals surface area (Å²) in [6, 6.07) is 15.6. The van der Waals surface area contributed by atoms with Gasteiger partial charge in [-0.2, -0.15) is 0 Å². The average molecular weight is 423 g/mol. The lowest BCUT2D eigenvalue weighted by molar-refractivity contribution is 0.584. The maximum absolute atomic E-state index is 11.5. The summed E-state index contributed by atoms with van der Waals surface area (Å²) in [5.74, 6) is 1.22. The van der Waals surface area contributed by atoms with Crippen molar-refractivity contribution in [1.82, 2.24) is 19.5 Å². The summed E-state index contributed by atoms with van der Waals surface area (Å²) in [7, 11) is -3.35. The first-order chi connectivity index (χ1) is 12.8. The first-order valence-corrected chi connectivity index (χ1v) is 11.4. The fraction of sp³-hybridized carbons (Fsp3) is 0.222. The first kappa shape index (κ1) is 19.9. The molecule has 0 radical (unpaired) electrons. The Kier molecular flexibility index (Phi) is 6.21. The van der Waals surface area contributed by atoms with Crippen molar-refractivity contribution < 1.29 is 8.42 Å². The predicted molar refractivity (Wildman–Crippen MR) is 109 cm³/mol. The largest absolute Gasteiger partial charge is 0.273 e. The van der Waals surface area contributed by atoms with Crippen LogP contribution in [0.1, 0.15) is 17.0 Å². The molecule has 0 atom stereocenters. The third kappa shape index (κ3) is 5.32. The van der Waals surface area contributed by atoms with Gasteiger partial charge in [-0.25, -0.2) is 13.1 Å². The smallest absolute Gasteiger partial charge is 0.209 e. The lowest BCUT2D eigenvalue weighted by Crippen LogP contribution is -2.23. The van der Waals surface area contributed by atoms with Gasteiger partial charge in [0.15, 0.2) is 11.0 Å². The van der Waals surface area contributed by atoms with E-state index >= 15 is 0 Å². The Balaban J connectivity index is 1.97. The van der Waals surface area contributed by atoms with Gasteiger partial charge in [0.25, 0.3) is 0 Å². The number of nitrogens with zero attached hydrogens (tertiary/aromatic N) is 3. The zero-order valence-electron chi connectivity index (χ0n) is 14.9. The monoisotopic (exact) mass is 422 g/mol. The third-order valence-electron chi connectivity index (χ3n) is 3.82. The molecule has 0 bridgehead atoms. The van der Waals surface area contributed by atoms with E-state index in [2.05, 4.69) is 14.9 Å². The molecule has 0 amide bonds. The van der Waals surface area contributed by atoms with E-state index in [4.69, 9.17) is 11.6 Å². The summed E-state index contributed by atoms with van der Waals surface area (Å²) < 4.78 is 27.3. The Morgan fingerprint density at radius 1 is 1.15 bits per heavy atom. The van der Waals surface area contributed by atoms with Crippen molar-refractivity contribution in [2.45, 2.75) is 24.4 Å². The Bertz CT molecular complexity index is 1040. The van der Waals surface area contributed by atoms with E-state index in [1.807, 2.05) is 60.0 Å². The number of hydrogen-bond donors (Lipinski definition) is 1. The number of benzene rings is 2. The Morgan fingerprint density at radius 2 is 1.89 bits per heavy atom. The highest BCUT2D eigenvalue weighted by Gasteiger charge is 2.17. The fourth-order valence-corrected chi connectivity index (χ4v) is 3.97. The molecule has 6 nitrogen and oxygen atoms in total.